The van der Waals surface area contributed by atoms with Crippen LogP contribution in [0.25, 0.3) is 0 Å². The Morgan fingerprint density at radius 2 is 1.73 bits per heavy atom. The van der Waals surface area contributed by atoms with Crippen LogP contribution in [0, 0.1) is 11.8 Å². The van der Waals surface area contributed by atoms with Gasteiger partial charge in [0, 0.05) is 12.6 Å². The van der Waals surface area contributed by atoms with Gasteiger partial charge in [-0.05, 0) is 50.4 Å². The molecule has 0 aromatic carbocycles. The minimum absolute atomic E-state index is 0.103. The second-order valence-corrected chi connectivity index (χ2v) is 6.41. The summed E-state index contributed by atoms with van der Waals surface area (Å²) < 4.78 is 0. The van der Waals surface area contributed by atoms with Crippen molar-refractivity contribution in [3.8, 4) is 0 Å². The van der Waals surface area contributed by atoms with Gasteiger partial charge in [-0.3, -0.25) is 4.79 Å². The summed E-state index contributed by atoms with van der Waals surface area (Å²) in [6, 6.07) is 0.609. The predicted molar refractivity (Wildman–Crippen MR) is 62.9 cm³/mol. The van der Waals surface area contributed by atoms with Gasteiger partial charge in [0.05, 0.1) is 4.83 Å². The topological polar surface area (TPSA) is 20.3 Å². The molecular weight excluding hydrogens is 254 g/mol. The third kappa shape index (κ3) is 1.95. The van der Waals surface area contributed by atoms with E-state index in [-0.39, 0.29) is 4.83 Å². The van der Waals surface area contributed by atoms with Gasteiger partial charge in [-0.25, -0.2) is 0 Å². The van der Waals surface area contributed by atoms with Gasteiger partial charge in [0.25, 0.3) is 0 Å². The third-order valence-electron chi connectivity index (χ3n) is 3.98. The van der Waals surface area contributed by atoms with Crippen molar-refractivity contribution in [2.45, 2.75) is 49.4 Å². The largest absolute Gasteiger partial charge is 0.338 e. The first kappa shape index (κ1) is 10.1. The first-order valence-electron chi connectivity index (χ1n) is 6.22. The summed E-state index contributed by atoms with van der Waals surface area (Å²) in [4.78, 5) is 14.4. The number of likely N-dealkylation sites (tertiary alicyclic amines) is 1. The molecule has 1 amide bonds. The van der Waals surface area contributed by atoms with Crippen LogP contribution in [-0.4, -0.2) is 28.2 Å². The molecule has 3 fully saturated rings. The average Bonchev–Trinajstić information content (AvgIpc) is 3.06. The van der Waals surface area contributed by atoms with Crippen LogP contribution in [0.4, 0.5) is 0 Å². The lowest BCUT2D eigenvalue weighted by Crippen LogP contribution is -2.49. The molecule has 0 radical (unpaired) electrons. The van der Waals surface area contributed by atoms with Gasteiger partial charge in [0.15, 0.2) is 0 Å². The maximum Gasteiger partial charge on any atom is 0.236 e. The Morgan fingerprint density at radius 1 is 1.13 bits per heavy atom. The van der Waals surface area contributed by atoms with Crippen LogP contribution in [0.5, 0.6) is 0 Å². The van der Waals surface area contributed by atoms with Gasteiger partial charge < -0.3 is 4.90 Å². The molecule has 1 heterocycles. The van der Waals surface area contributed by atoms with Gasteiger partial charge in [0.1, 0.15) is 0 Å². The number of halogens is 1. The van der Waals surface area contributed by atoms with Crippen molar-refractivity contribution in [1.82, 2.24) is 4.90 Å². The van der Waals surface area contributed by atoms with Crippen molar-refractivity contribution >= 4 is 21.8 Å². The standard InChI is InChI=1S/C12H18BrNO/c13-10-2-1-7-14(12(10)15)11(8-3-4-8)9-5-6-9/h8-11H,1-7H2. The minimum atomic E-state index is 0.103. The number of hydrogen-bond acceptors (Lipinski definition) is 1. The normalized spacial score (nSPS) is 32.5. The summed E-state index contributed by atoms with van der Waals surface area (Å²) in [5, 5.41) is 0. The third-order valence-corrected chi connectivity index (χ3v) is 4.83. The predicted octanol–water partition coefficient (Wildman–Crippen LogP) is 2.56. The highest BCUT2D eigenvalue weighted by atomic mass is 79.9. The summed E-state index contributed by atoms with van der Waals surface area (Å²) in [6.45, 7) is 1.01. The summed E-state index contributed by atoms with van der Waals surface area (Å²) in [7, 11) is 0. The number of alkyl halides is 1. The molecule has 0 aromatic heterocycles. The zero-order valence-electron chi connectivity index (χ0n) is 8.99. The molecule has 84 valence electrons. The molecule has 0 N–H and O–H groups in total. The van der Waals surface area contributed by atoms with Crippen molar-refractivity contribution in [2.24, 2.45) is 11.8 Å². The highest BCUT2D eigenvalue weighted by Gasteiger charge is 2.47. The van der Waals surface area contributed by atoms with Gasteiger partial charge in [-0.2, -0.15) is 0 Å². The Labute approximate surface area is 99.5 Å². The number of amides is 1. The number of carbonyl (C=O) groups is 1. The Bertz CT molecular complexity index is 261. The Balaban J connectivity index is 1.74. The van der Waals surface area contributed by atoms with E-state index >= 15 is 0 Å². The van der Waals surface area contributed by atoms with Crippen molar-refractivity contribution in [1.29, 1.82) is 0 Å². The Kier molecular flexibility index (Phi) is 2.54. The molecule has 3 aliphatic rings. The molecule has 3 rings (SSSR count). The minimum Gasteiger partial charge on any atom is -0.338 e. The molecule has 1 saturated heterocycles. The Hall–Kier alpha value is -0.0500. The van der Waals surface area contributed by atoms with Crippen LogP contribution in [0.15, 0.2) is 0 Å². The van der Waals surface area contributed by atoms with Crippen molar-refractivity contribution in [2.75, 3.05) is 6.54 Å². The molecule has 1 unspecified atom stereocenters. The summed E-state index contributed by atoms with van der Waals surface area (Å²) >= 11 is 3.51. The van der Waals surface area contributed by atoms with E-state index < -0.39 is 0 Å². The first-order valence-corrected chi connectivity index (χ1v) is 7.13. The van der Waals surface area contributed by atoms with Gasteiger partial charge in [0.2, 0.25) is 5.91 Å². The van der Waals surface area contributed by atoms with Crippen LogP contribution in [0.2, 0.25) is 0 Å². The zero-order valence-corrected chi connectivity index (χ0v) is 10.6. The maximum atomic E-state index is 12.1. The van der Waals surface area contributed by atoms with Crippen LogP contribution in [0.1, 0.15) is 38.5 Å². The van der Waals surface area contributed by atoms with Gasteiger partial charge >= 0.3 is 0 Å². The maximum absolute atomic E-state index is 12.1. The van der Waals surface area contributed by atoms with E-state index in [4.69, 9.17) is 0 Å². The SMILES string of the molecule is O=C1C(Br)CCCN1C(C1CC1)C1CC1. The monoisotopic (exact) mass is 271 g/mol. The second-order valence-electron chi connectivity index (χ2n) is 5.31. The number of nitrogens with zero attached hydrogens (tertiary/aromatic N) is 1. The smallest absolute Gasteiger partial charge is 0.236 e. The van der Waals surface area contributed by atoms with E-state index in [9.17, 15) is 4.79 Å². The van der Waals surface area contributed by atoms with E-state index in [1.54, 1.807) is 0 Å². The van der Waals surface area contributed by atoms with Gasteiger partial charge in [-0.1, -0.05) is 15.9 Å². The second kappa shape index (κ2) is 3.76. The van der Waals surface area contributed by atoms with Crippen LogP contribution < -0.4 is 0 Å². The van der Waals surface area contributed by atoms with E-state index in [0.717, 1.165) is 24.8 Å². The molecule has 1 atom stereocenters. The number of carbonyl (C=O) groups excluding carboxylic acids is 1. The van der Waals surface area contributed by atoms with Crippen molar-refractivity contribution in [3.05, 3.63) is 0 Å². The molecule has 2 saturated carbocycles. The fourth-order valence-corrected chi connectivity index (χ4v) is 3.51. The zero-order chi connectivity index (χ0) is 10.4. The molecule has 2 aliphatic carbocycles. The summed E-state index contributed by atoms with van der Waals surface area (Å²) in [6.07, 6.45) is 7.64. The van der Waals surface area contributed by atoms with E-state index in [1.165, 1.54) is 32.1 Å². The average molecular weight is 272 g/mol. The summed E-state index contributed by atoms with van der Waals surface area (Å²) in [5.41, 5.74) is 0. The van der Waals surface area contributed by atoms with Crippen LogP contribution in [0.3, 0.4) is 0 Å². The quantitative estimate of drug-likeness (QED) is 0.723. The highest BCUT2D eigenvalue weighted by Crippen LogP contribution is 2.48. The number of piperidine rings is 1. The van der Waals surface area contributed by atoms with E-state index in [2.05, 4.69) is 20.8 Å². The first-order chi connectivity index (χ1) is 7.27. The number of hydrogen-bond donors (Lipinski definition) is 0. The molecule has 0 aromatic rings. The Morgan fingerprint density at radius 3 is 2.27 bits per heavy atom. The summed E-state index contributed by atoms with van der Waals surface area (Å²) in [5.74, 6) is 2.06. The molecular formula is C12H18BrNO. The molecule has 1 aliphatic heterocycles. The molecule has 0 bridgehead atoms. The van der Waals surface area contributed by atoms with Crippen LogP contribution >= 0.6 is 15.9 Å². The van der Waals surface area contributed by atoms with Crippen molar-refractivity contribution < 1.29 is 4.79 Å². The fraction of sp³-hybridized carbons (Fsp3) is 0.917. The van der Waals surface area contributed by atoms with Crippen molar-refractivity contribution in [3.63, 3.8) is 0 Å². The lowest BCUT2D eigenvalue weighted by molar-refractivity contribution is -0.136. The highest BCUT2D eigenvalue weighted by molar-refractivity contribution is 9.10. The van der Waals surface area contributed by atoms with Gasteiger partial charge in [-0.15, -0.1) is 0 Å². The molecule has 2 nitrogen and oxygen atoms in total. The fourth-order valence-electron chi connectivity index (χ4n) is 2.92. The molecule has 3 heteroatoms. The lowest BCUT2D eigenvalue weighted by atomic mass is 10.0. The molecule has 0 spiro atoms. The number of rotatable bonds is 3. The van der Waals surface area contributed by atoms with E-state index in [0.29, 0.717) is 11.9 Å². The van der Waals surface area contributed by atoms with Crippen LogP contribution in [-0.2, 0) is 4.79 Å². The van der Waals surface area contributed by atoms with E-state index in [1.807, 2.05) is 0 Å². The molecule has 15 heavy (non-hydrogen) atoms. The lowest BCUT2D eigenvalue weighted by Gasteiger charge is -2.37.